The van der Waals surface area contributed by atoms with Crippen molar-refractivity contribution >= 4 is 31.5 Å². The maximum absolute atomic E-state index is 6.24. The Morgan fingerprint density at radius 2 is 1.94 bits per heavy atom. The van der Waals surface area contributed by atoms with Crippen molar-refractivity contribution in [2.75, 3.05) is 51.2 Å². The first-order chi connectivity index (χ1) is 16.6. The summed E-state index contributed by atoms with van der Waals surface area (Å²) in [5.74, 6) is 3.19. The van der Waals surface area contributed by atoms with Gasteiger partial charge >= 0.3 is 0 Å². The van der Waals surface area contributed by atoms with Gasteiger partial charge in [-0.2, -0.15) is 0 Å². The second-order valence-electron chi connectivity index (χ2n) is 8.13. The molecule has 1 aromatic heterocycles. The molecule has 0 aliphatic carbocycles. The lowest BCUT2D eigenvalue weighted by Gasteiger charge is -2.40. The van der Waals surface area contributed by atoms with E-state index in [4.69, 9.17) is 22.0 Å². The monoisotopic (exact) mass is 461 g/mol. The second-order valence-corrected chi connectivity index (χ2v) is 8.13. The molecular formula is C26H36BN5O2. The maximum atomic E-state index is 6.24. The number of hydrogen-bond acceptors (Lipinski definition) is 6. The van der Waals surface area contributed by atoms with Gasteiger partial charge in [-0.1, -0.05) is 32.6 Å². The molecule has 0 amide bonds. The Kier molecular flexibility index (Phi) is 9.85. The zero-order valence-corrected chi connectivity index (χ0v) is 20.4. The molecular weight excluding hydrogens is 425 g/mol. The average Bonchev–Trinajstić information content (AvgIpc) is 3.30. The maximum Gasteiger partial charge on any atom is 0.136 e. The number of nitrogens with zero attached hydrogens (tertiary/aromatic N) is 3. The van der Waals surface area contributed by atoms with E-state index in [0.717, 1.165) is 68.5 Å². The molecule has 1 aromatic carbocycles. The smallest absolute Gasteiger partial charge is 0.136 e. The molecule has 1 aliphatic rings. The fourth-order valence-corrected chi connectivity index (χ4v) is 4.11. The molecule has 180 valence electrons. The number of anilines is 1. The van der Waals surface area contributed by atoms with Crippen LogP contribution in [0, 0.1) is 0 Å². The van der Waals surface area contributed by atoms with Gasteiger partial charge < -0.3 is 19.5 Å². The highest BCUT2D eigenvalue weighted by Gasteiger charge is 2.32. The van der Waals surface area contributed by atoms with E-state index in [1.54, 1.807) is 19.3 Å². The van der Waals surface area contributed by atoms with Gasteiger partial charge in [0.25, 0.3) is 0 Å². The summed E-state index contributed by atoms with van der Waals surface area (Å²) in [6.45, 7) is 14.2. The SMILES string of the molecule is [B]CNNC(=NCCCC)C(c1cc(C=C)c(C=C)o1)N1CCN(c2ccc(OC)cc2)CC1. The number of benzene rings is 1. The summed E-state index contributed by atoms with van der Waals surface area (Å²) >= 11 is 0. The molecule has 1 atom stereocenters. The number of nitrogens with one attached hydrogen (secondary N) is 2. The van der Waals surface area contributed by atoms with E-state index in [9.17, 15) is 0 Å². The minimum absolute atomic E-state index is 0.179. The fourth-order valence-electron chi connectivity index (χ4n) is 4.11. The van der Waals surface area contributed by atoms with Crippen molar-refractivity contribution in [1.29, 1.82) is 0 Å². The Hall–Kier alpha value is -2.97. The normalized spacial score (nSPS) is 15.7. The fraction of sp³-hybridized carbons (Fsp3) is 0.423. The van der Waals surface area contributed by atoms with E-state index in [2.05, 4.69) is 52.9 Å². The molecule has 2 heterocycles. The molecule has 0 saturated carbocycles. The molecule has 3 rings (SSSR count). The summed E-state index contributed by atoms with van der Waals surface area (Å²) in [6.07, 6.45) is 5.90. The van der Waals surface area contributed by atoms with E-state index in [-0.39, 0.29) is 6.04 Å². The largest absolute Gasteiger partial charge is 0.497 e. The van der Waals surface area contributed by atoms with Crippen LogP contribution < -0.4 is 20.5 Å². The number of methoxy groups -OCH3 is 1. The van der Waals surface area contributed by atoms with Crippen molar-refractivity contribution in [3.8, 4) is 5.75 Å². The van der Waals surface area contributed by atoms with Crippen LogP contribution in [0.5, 0.6) is 5.75 Å². The van der Waals surface area contributed by atoms with Gasteiger partial charge in [0.1, 0.15) is 29.1 Å². The summed E-state index contributed by atoms with van der Waals surface area (Å²) in [6, 6.07) is 10.1. The third kappa shape index (κ3) is 6.33. The zero-order chi connectivity index (χ0) is 24.3. The van der Waals surface area contributed by atoms with Gasteiger partial charge in [0.2, 0.25) is 0 Å². The van der Waals surface area contributed by atoms with Crippen molar-refractivity contribution in [2.45, 2.75) is 25.8 Å². The Bertz CT molecular complexity index is 923. The van der Waals surface area contributed by atoms with Gasteiger partial charge in [0.15, 0.2) is 0 Å². The average molecular weight is 461 g/mol. The van der Waals surface area contributed by atoms with Crippen molar-refractivity contribution in [1.82, 2.24) is 15.8 Å². The molecule has 8 heteroatoms. The first-order valence-corrected chi connectivity index (χ1v) is 11.9. The Balaban J connectivity index is 1.86. The third-order valence-corrected chi connectivity index (χ3v) is 5.97. The molecule has 0 spiro atoms. The van der Waals surface area contributed by atoms with Crippen molar-refractivity contribution in [3.05, 3.63) is 60.6 Å². The predicted octanol–water partition coefficient (Wildman–Crippen LogP) is 3.86. The van der Waals surface area contributed by atoms with Crippen molar-refractivity contribution < 1.29 is 9.15 Å². The lowest BCUT2D eigenvalue weighted by molar-refractivity contribution is 0.205. The first-order valence-electron chi connectivity index (χ1n) is 11.9. The van der Waals surface area contributed by atoms with Crippen LogP contribution in [0.2, 0.25) is 0 Å². The molecule has 2 N–H and O–H groups in total. The number of hydrazine groups is 1. The molecule has 1 aliphatic heterocycles. The van der Waals surface area contributed by atoms with Crippen LogP contribution in [-0.2, 0) is 0 Å². The molecule has 2 aromatic rings. The highest BCUT2D eigenvalue weighted by molar-refractivity contribution is 6.08. The van der Waals surface area contributed by atoms with E-state index in [0.29, 0.717) is 12.2 Å². The molecule has 2 radical (unpaired) electrons. The molecule has 7 nitrogen and oxygen atoms in total. The molecule has 1 unspecified atom stereocenters. The number of furan rings is 1. The number of aliphatic imine (C=N–C) groups is 1. The van der Waals surface area contributed by atoms with Crippen LogP contribution in [-0.4, -0.2) is 64.9 Å². The van der Waals surface area contributed by atoms with Gasteiger partial charge in [0.05, 0.1) is 15.0 Å². The minimum atomic E-state index is -0.179. The first kappa shape index (κ1) is 25.7. The number of rotatable bonds is 12. The van der Waals surface area contributed by atoms with E-state index >= 15 is 0 Å². The van der Waals surface area contributed by atoms with Crippen LogP contribution in [0.25, 0.3) is 12.2 Å². The van der Waals surface area contributed by atoms with Crippen LogP contribution in [0.1, 0.15) is 42.9 Å². The zero-order valence-electron chi connectivity index (χ0n) is 20.4. The summed E-state index contributed by atoms with van der Waals surface area (Å²) in [7, 11) is 7.40. The Morgan fingerprint density at radius 3 is 2.50 bits per heavy atom. The summed E-state index contributed by atoms with van der Waals surface area (Å²) in [5, 5.41) is 0. The van der Waals surface area contributed by atoms with Gasteiger partial charge in [-0.05, 0) is 49.3 Å². The van der Waals surface area contributed by atoms with E-state index < -0.39 is 0 Å². The van der Waals surface area contributed by atoms with Crippen molar-refractivity contribution in [2.24, 2.45) is 4.99 Å². The standard InChI is InChI=1S/C26H36BN5O2/c1-5-8-13-28-26(30-29-19-27)25(24-18-20(6-2)23(7-3)34-24)32-16-14-31(15-17-32)21-9-11-22(33-4)12-10-21/h6-7,9-12,18,25,29H,2-3,5,8,13-17,19H2,1,4H3,(H,28,30). The van der Waals surface area contributed by atoms with Gasteiger partial charge in [-0.15, -0.1) is 0 Å². The summed E-state index contributed by atoms with van der Waals surface area (Å²) in [4.78, 5) is 9.68. The number of hydrogen-bond donors (Lipinski definition) is 2. The van der Waals surface area contributed by atoms with Crippen LogP contribution in [0.15, 0.2) is 52.9 Å². The lowest BCUT2D eigenvalue weighted by atomic mass is 10.1. The van der Waals surface area contributed by atoms with Crippen LogP contribution in [0.3, 0.4) is 0 Å². The number of piperazine rings is 1. The van der Waals surface area contributed by atoms with Crippen LogP contribution in [0.4, 0.5) is 5.69 Å². The molecule has 0 bridgehead atoms. The Labute approximate surface area is 204 Å². The summed E-state index contributed by atoms with van der Waals surface area (Å²) in [5.41, 5.74) is 8.38. The Morgan fingerprint density at radius 1 is 1.21 bits per heavy atom. The minimum Gasteiger partial charge on any atom is -0.497 e. The van der Waals surface area contributed by atoms with Crippen molar-refractivity contribution in [3.63, 3.8) is 0 Å². The highest BCUT2D eigenvalue weighted by Crippen LogP contribution is 2.30. The third-order valence-electron chi connectivity index (χ3n) is 5.97. The van der Waals surface area contributed by atoms with E-state index in [1.807, 2.05) is 18.2 Å². The number of amidine groups is 1. The lowest BCUT2D eigenvalue weighted by Crippen LogP contribution is -2.53. The van der Waals surface area contributed by atoms with E-state index in [1.165, 1.54) is 5.69 Å². The topological polar surface area (TPSA) is 65.3 Å². The van der Waals surface area contributed by atoms with Gasteiger partial charge in [-0.3, -0.25) is 9.89 Å². The molecule has 1 saturated heterocycles. The molecule has 34 heavy (non-hydrogen) atoms. The van der Waals surface area contributed by atoms with Crippen LogP contribution >= 0.6 is 0 Å². The second kappa shape index (κ2) is 13.1. The van der Waals surface area contributed by atoms with Gasteiger partial charge in [0, 0.05) is 44.0 Å². The number of unbranched alkanes of at least 4 members (excludes halogenated alkanes) is 1. The van der Waals surface area contributed by atoms with Gasteiger partial charge in [-0.25, -0.2) is 5.43 Å². The number of ether oxygens (including phenoxy) is 1. The predicted molar refractivity (Wildman–Crippen MR) is 143 cm³/mol. The quantitative estimate of drug-likeness (QED) is 0.165. The highest BCUT2D eigenvalue weighted by atomic mass is 16.5. The molecule has 1 fully saturated rings. The summed E-state index contributed by atoms with van der Waals surface area (Å²) < 4.78 is 11.5.